The fourth-order valence-corrected chi connectivity index (χ4v) is 5.07. The molecule has 2 aromatic carbocycles. The first-order valence-corrected chi connectivity index (χ1v) is 12.6. The van der Waals surface area contributed by atoms with E-state index in [9.17, 15) is 9.59 Å². The van der Waals surface area contributed by atoms with Crippen molar-refractivity contribution in [1.82, 2.24) is 20.4 Å². The molecule has 5 rings (SSSR count). The summed E-state index contributed by atoms with van der Waals surface area (Å²) in [6.07, 6.45) is 0.00559. The molecule has 2 aromatic heterocycles. The van der Waals surface area contributed by atoms with Crippen LogP contribution in [0.25, 0.3) is 10.6 Å². The van der Waals surface area contributed by atoms with Gasteiger partial charge in [0.05, 0.1) is 23.5 Å². The number of thiophene rings is 1. The number of aromatic nitrogens is 2. The molecule has 0 saturated carbocycles. The van der Waals surface area contributed by atoms with Gasteiger partial charge in [-0.2, -0.15) is 5.10 Å². The third-order valence-corrected chi connectivity index (χ3v) is 7.18. The lowest BCUT2D eigenvalue weighted by molar-refractivity contribution is -0.130. The summed E-state index contributed by atoms with van der Waals surface area (Å²) in [6.45, 7) is 2.00. The van der Waals surface area contributed by atoms with Crippen molar-refractivity contribution in [3.63, 3.8) is 0 Å². The molecule has 3 atom stereocenters. The van der Waals surface area contributed by atoms with Crippen molar-refractivity contribution in [3.05, 3.63) is 89.3 Å². The Morgan fingerprint density at radius 3 is 2.61 bits per heavy atom. The Morgan fingerprint density at radius 1 is 1.11 bits per heavy atom. The largest absolute Gasteiger partial charge is 0.496 e. The summed E-state index contributed by atoms with van der Waals surface area (Å²) in [5, 5.41) is 16.2. The zero-order chi connectivity index (χ0) is 25.1. The average Bonchev–Trinajstić information content (AvgIpc) is 3.57. The maximum Gasteiger partial charge on any atom is 0.260 e. The van der Waals surface area contributed by atoms with Gasteiger partial charge in [-0.15, -0.1) is 11.3 Å². The van der Waals surface area contributed by atoms with Crippen molar-refractivity contribution in [2.24, 2.45) is 5.92 Å². The van der Waals surface area contributed by atoms with Crippen LogP contribution >= 0.6 is 11.3 Å². The normalized spacial score (nSPS) is 19.5. The van der Waals surface area contributed by atoms with Crippen LogP contribution in [0.1, 0.15) is 29.1 Å². The summed E-state index contributed by atoms with van der Waals surface area (Å²) in [7, 11) is 1.53. The first-order chi connectivity index (χ1) is 17.5. The van der Waals surface area contributed by atoms with Gasteiger partial charge >= 0.3 is 0 Å². The fraction of sp³-hybridized carbons (Fsp3) is 0.222. The number of para-hydroxylation sites is 1. The lowest BCUT2D eigenvalue weighted by atomic mass is 9.91. The third kappa shape index (κ3) is 4.89. The highest BCUT2D eigenvalue weighted by Crippen LogP contribution is 2.29. The molecule has 1 saturated heterocycles. The van der Waals surface area contributed by atoms with Gasteiger partial charge in [0.1, 0.15) is 17.3 Å². The van der Waals surface area contributed by atoms with Crippen LogP contribution in [-0.4, -0.2) is 34.7 Å². The third-order valence-electron chi connectivity index (χ3n) is 6.29. The van der Waals surface area contributed by atoms with E-state index >= 15 is 0 Å². The zero-order valence-electron chi connectivity index (χ0n) is 20.0. The molecule has 0 bridgehead atoms. The van der Waals surface area contributed by atoms with Gasteiger partial charge in [-0.25, -0.2) is 4.68 Å². The van der Waals surface area contributed by atoms with Gasteiger partial charge in [0.25, 0.3) is 5.91 Å². The van der Waals surface area contributed by atoms with E-state index < -0.39 is 6.29 Å². The Hall–Kier alpha value is -3.95. The highest BCUT2D eigenvalue weighted by atomic mass is 32.1. The summed E-state index contributed by atoms with van der Waals surface area (Å²) in [6, 6.07) is 22.6. The number of amides is 2. The Bertz CT molecular complexity index is 1350. The minimum atomic E-state index is -0.624. The molecule has 2 amide bonds. The predicted octanol–water partition coefficient (Wildman–Crippen LogP) is 4.30. The SMILES string of the molecule is COc1ccccc1C(=O)Nc1cc(-c2cccs2)nn1C1NC(=O)C(Cc2ccccc2)C(C)N1. The minimum absolute atomic E-state index is 0.0646. The van der Waals surface area contributed by atoms with Gasteiger partial charge in [-0.1, -0.05) is 48.5 Å². The molecule has 36 heavy (non-hydrogen) atoms. The number of carbonyl (C=O) groups is 2. The molecule has 1 aliphatic heterocycles. The molecule has 3 N–H and O–H groups in total. The number of anilines is 1. The highest BCUT2D eigenvalue weighted by Gasteiger charge is 2.35. The van der Waals surface area contributed by atoms with Gasteiger partial charge in [0, 0.05) is 12.1 Å². The zero-order valence-corrected chi connectivity index (χ0v) is 20.8. The van der Waals surface area contributed by atoms with Crippen LogP contribution in [0.3, 0.4) is 0 Å². The van der Waals surface area contributed by atoms with Crippen LogP contribution in [0.4, 0.5) is 5.82 Å². The van der Waals surface area contributed by atoms with Crippen molar-refractivity contribution in [2.45, 2.75) is 25.7 Å². The molecule has 0 aliphatic carbocycles. The number of nitrogens with one attached hydrogen (secondary N) is 3. The van der Waals surface area contributed by atoms with Crippen molar-refractivity contribution in [1.29, 1.82) is 0 Å². The molecular weight excluding hydrogens is 474 g/mol. The Balaban J connectivity index is 1.42. The first-order valence-electron chi connectivity index (χ1n) is 11.7. The Morgan fingerprint density at radius 2 is 1.89 bits per heavy atom. The van der Waals surface area contributed by atoms with Gasteiger partial charge < -0.3 is 15.4 Å². The number of methoxy groups -OCH3 is 1. The minimum Gasteiger partial charge on any atom is -0.496 e. The van der Waals surface area contributed by atoms with Crippen molar-refractivity contribution in [3.8, 4) is 16.3 Å². The van der Waals surface area contributed by atoms with Crippen LogP contribution in [0, 0.1) is 5.92 Å². The summed E-state index contributed by atoms with van der Waals surface area (Å²) in [4.78, 5) is 27.3. The maximum absolute atomic E-state index is 13.2. The van der Waals surface area contributed by atoms with Gasteiger partial charge in [0.15, 0.2) is 6.29 Å². The van der Waals surface area contributed by atoms with Crippen LogP contribution in [0.5, 0.6) is 5.75 Å². The summed E-state index contributed by atoms with van der Waals surface area (Å²) < 4.78 is 6.97. The predicted molar refractivity (Wildman–Crippen MR) is 140 cm³/mol. The van der Waals surface area contributed by atoms with E-state index in [2.05, 4.69) is 16.0 Å². The van der Waals surface area contributed by atoms with Crippen molar-refractivity contribution >= 4 is 29.0 Å². The Labute approximate surface area is 213 Å². The number of nitrogens with zero attached hydrogens (tertiary/aromatic N) is 2. The van der Waals surface area contributed by atoms with Crippen LogP contribution in [0.15, 0.2) is 78.2 Å². The van der Waals surface area contributed by atoms with E-state index in [1.807, 2.05) is 66.9 Å². The molecule has 8 nitrogen and oxygen atoms in total. The smallest absolute Gasteiger partial charge is 0.260 e. The molecule has 184 valence electrons. The summed E-state index contributed by atoms with van der Waals surface area (Å²) >= 11 is 1.55. The molecular formula is C27H27N5O3S. The molecule has 1 aliphatic rings. The lowest BCUT2D eigenvalue weighted by Gasteiger charge is -2.36. The van der Waals surface area contributed by atoms with E-state index in [-0.39, 0.29) is 23.8 Å². The number of hydrogen-bond donors (Lipinski definition) is 3. The summed E-state index contributed by atoms with van der Waals surface area (Å²) in [5.41, 5.74) is 2.21. The number of benzene rings is 2. The molecule has 0 spiro atoms. The van der Waals surface area contributed by atoms with Crippen LogP contribution in [-0.2, 0) is 11.2 Å². The number of carbonyl (C=O) groups excluding carboxylic acids is 2. The molecule has 3 unspecified atom stereocenters. The fourth-order valence-electron chi connectivity index (χ4n) is 4.39. The van der Waals surface area contributed by atoms with E-state index in [1.165, 1.54) is 7.11 Å². The number of hydrogen-bond acceptors (Lipinski definition) is 6. The van der Waals surface area contributed by atoms with E-state index in [0.717, 1.165) is 10.4 Å². The van der Waals surface area contributed by atoms with Crippen molar-refractivity contribution in [2.75, 3.05) is 12.4 Å². The monoisotopic (exact) mass is 501 g/mol. The maximum atomic E-state index is 13.2. The average molecular weight is 502 g/mol. The molecule has 9 heteroatoms. The lowest BCUT2D eigenvalue weighted by Crippen LogP contribution is -2.58. The van der Waals surface area contributed by atoms with Crippen LogP contribution in [0.2, 0.25) is 0 Å². The second-order valence-electron chi connectivity index (χ2n) is 8.65. The summed E-state index contributed by atoms with van der Waals surface area (Å²) in [5.74, 6) is 0.304. The second kappa shape index (κ2) is 10.3. The van der Waals surface area contributed by atoms with Gasteiger partial charge in [0.2, 0.25) is 5.91 Å². The molecule has 0 radical (unpaired) electrons. The van der Waals surface area contributed by atoms with E-state index in [4.69, 9.17) is 9.84 Å². The van der Waals surface area contributed by atoms with E-state index in [0.29, 0.717) is 29.2 Å². The van der Waals surface area contributed by atoms with Crippen LogP contribution < -0.4 is 20.7 Å². The quantitative estimate of drug-likeness (QED) is 0.351. The van der Waals surface area contributed by atoms with Crippen molar-refractivity contribution < 1.29 is 14.3 Å². The Kier molecular flexibility index (Phi) is 6.84. The first kappa shape index (κ1) is 23.8. The second-order valence-corrected chi connectivity index (χ2v) is 9.60. The molecule has 4 aromatic rings. The highest BCUT2D eigenvalue weighted by molar-refractivity contribution is 7.13. The van der Waals surface area contributed by atoms with Gasteiger partial charge in [-0.05, 0) is 42.5 Å². The molecule has 3 heterocycles. The number of rotatable bonds is 7. The standard InChI is InChI=1S/C27H27N5O3S/c1-17-20(15-18-9-4-3-5-10-18)26(34)30-27(28-17)32-24(16-21(31-32)23-13-8-14-36-23)29-25(33)19-11-6-7-12-22(19)35-2/h3-14,16-17,20,27-28H,15H2,1-2H3,(H,29,33)(H,30,34). The topological polar surface area (TPSA) is 97.3 Å². The molecule has 1 fully saturated rings. The number of ether oxygens (including phenoxy) is 1. The van der Waals surface area contributed by atoms with E-state index in [1.54, 1.807) is 34.2 Å². The van der Waals surface area contributed by atoms with Gasteiger partial charge in [-0.3, -0.25) is 14.9 Å².